The van der Waals surface area contributed by atoms with Crippen LogP contribution in [0.3, 0.4) is 0 Å². The molecule has 1 unspecified atom stereocenters. The highest BCUT2D eigenvalue weighted by atomic mass is 15.2. The van der Waals surface area contributed by atoms with E-state index in [0.29, 0.717) is 12.0 Å². The molecule has 0 radical (unpaired) electrons. The predicted octanol–water partition coefficient (Wildman–Crippen LogP) is 2.39. The van der Waals surface area contributed by atoms with E-state index < -0.39 is 0 Å². The van der Waals surface area contributed by atoms with Gasteiger partial charge in [0.15, 0.2) is 0 Å². The van der Waals surface area contributed by atoms with Crippen LogP contribution in [-0.4, -0.2) is 36.1 Å². The first-order valence-electron chi connectivity index (χ1n) is 7.47. The molecule has 0 spiro atoms. The second-order valence-corrected chi connectivity index (χ2v) is 6.62. The summed E-state index contributed by atoms with van der Waals surface area (Å²) in [6.45, 7) is 9.87. The molecule has 1 aliphatic carbocycles. The summed E-state index contributed by atoms with van der Waals surface area (Å²) in [5.41, 5.74) is -0.297. The Kier molecular flexibility index (Phi) is 4.29. The van der Waals surface area contributed by atoms with Crippen molar-refractivity contribution in [3.05, 3.63) is 0 Å². The largest absolute Gasteiger partial charge is 0.300 e. The molecule has 3 heteroatoms. The van der Waals surface area contributed by atoms with Crippen LogP contribution in [0.15, 0.2) is 0 Å². The van der Waals surface area contributed by atoms with Gasteiger partial charge in [0.25, 0.3) is 0 Å². The van der Waals surface area contributed by atoms with Gasteiger partial charge < -0.3 is 4.90 Å². The third kappa shape index (κ3) is 3.24. The van der Waals surface area contributed by atoms with Gasteiger partial charge in [-0.25, -0.2) is 0 Å². The van der Waals surface area contributed by atoms with Gasteiger partial charge in [-0.05, 0) is 64.5 Å². The molecule has 102 valence electrons. The lowest BCUT2D eigenvalue weighted by Crippen LogP contribution is -2.57. The molecule has 0 aromatic carbocycles. The second kappa shape index (κ2) is 5.59. The Morgan fingerprint density at radius 3 is 2.33 bits per heavy atom. The number of nitrogens with zero attached hydrogens (tertiary/aromatic N) is 2. The fourth-order valence-electron chi connectivity index (χ4n) is 3.12. The molecule has 0 aromatic heterocycles. The van der Waals surface area contributed by atoms with E-state index in [0.717, 1.165) is 25.6 Å². The van der Waals surface area contributed by atoms with Crippen LogP contribution in [-0.2, 0) is 0 Å². The molecule has 2 aliphatic rings. The molecular weight excluding hydrogens is 222 g/mol. The van der Waals surface area contributed by atoms with Crippen molar-refractivity contribution in [1.29, 1.82) is 5.26 Å². The van der Waals surface area contributed by atoms with Crippen molar-refractivity contribution in [1.82, 2.24) is 10.2 Å². The average Bonchev–Trinajstić information content (AvgIpc) is 3.15. The normalized spacial score (nSPS) is 25.9. The summed E-state index contributed by atoms with van der Waals surface area (Å²) >= 11 is 0. The minimum absolute atomic E-state index is 0.297. The van der Waals surface area contributed by atoms with Crippen molar-refractivity contribution in [2.24, 2.45) is 11.8 Å². The molecule has 1 aliphatic heterocycles. The summed E-state index contributed by atoms with van der Waals surface area (Å²) < 4.78 is 0. The van der Waals surface area contributed by atoms with E-state index in [-0.39, 0.29) is 5.54 Å². The van der Waals surface area contributed by atoms with Gasteiger partial charge in [-0.3, -0.25) is 5.32 Å². The molecule has 1 N–H and O–H groups in total. The quantitative estimate of drug-likeness (QED) is 0.813. The molecular formula is C15H27N3. The Bertz CT molecular complexity index is 308. The lowest BCUT2D eigenvalue weighted by molar-refractivity contribution is 0.143. The Morgan fingerprint density at radius 1 is 1.28 bits per heavy atom. The number of nitrogens with one attached hydrogen (secondary N) is 1. The van der Waals surface area contributed by atoms with E-state index in [2.05, 4.69) is 37.1 Å². The van der Waals surface area contributed by atoms with Crippen molar-refractivity contribution >= 4 is 0 Å². The van der Waals surface area contributed by atoms with Crippen LogP contribution < -0.4 is 5.32 Å². The number of piperidine rings is 1. The topological polar surface area (TPSA) is 39.1 Å². The Morgan fingerprint density at radius 2 is 1.89 bits per heavy atom. The highest BCUT2D eigenvalue weighted by molar-refractivity contribution is 5.17. The number of likely N-dealkylation sites (tertiary alicyclic amines) is 1. The number of nitriles is 1. The first kappa shape index (κ1) is 13.8. The van der Waals surface area contributed by atoms with Crippen LogP contribution in [0.1, 0.15) is 46.5 Å². The summed E-state index contributed by atoms with van der Waals surface area (Å²) in [7, 11) is 0. The fraction of sp³-hybridized carbons (Fsp3) is 0.933. The smallest absolute Gasteiger partial charge is 0.122 e. The number of hydrogen-bond acceptors (Lipinski definition) is 3. The third-order valence-corrected chi connectivity index (χ3v) is 4.37. The molecule has 1 heterocycles. The maximum Gasteiger partial charge on any atom is 0.122 e. The lowest BCUT2D eigenvalue weighted by Gasteiger charge is -2.38. The van der Waals surface area contributed by atoms with Crippen LogP contribution >= 0.6 is 0 Å². The molecule has 0 amide bonds. The van der Waals surface area contributed by atoms with Crippen LogP contribution in [0.25, 0.3) is 0 Å². The Balaban J connectivity index is 1.99. The van der Waals surface area contributed by atoms with Crippen LogP contribution in [0.4, 0.5) is 0 Å². The summed E-state index contributed by atoms with van der Waals surface area (Å²) in [6, 6.07) is 3.00. The van der Waals surface area contributed by atoms with Gasteiger partial charge in [0.1, 0.15) is 5.54 Å². The zero-order valence-corrected chi connectivity index (χ0v) is 12.1. The summed E-state index contributed by atoms with van der Waals surface area (Å²) in [5, 5.41) is 13.2. The van der Waals surface area contributed by atoms with Gasteiger partial charge in [-0.1, -0.05) is 6.92 Å². The minimum Gasteiger partial charge on any atom is -0.300 e. The van der Waals surface area contributed by atoms with Crippen LogP contribution in [0, 0.1) is 23.2 Å². The molecule has 2 fully saturated rings. The van der Waals surface area contributed by atoms with E-state index in [4.69, 9.17) is 0 Å². The SMILES string of the molecule is CC1CCN(CC(C#N)(NC(C)C)C2CC2)CC1. The van der Waals surface area contributed by atoms with E-state index in [1.807, 2.05) is 0 Å². The van der Waals surface area contributed by atoms with Crippen LogP contribution in [0.5, 0.6) is 0 Å². The number of rotatable bonds is 5. The maximum absolute atomic E-state index is 9.68. The Labute approximate surface area is 112 Å². The zero-order valence-electron chi connectivity index (χ0n) is 12.1. The van der Waals surface area contributed by atoms with E-state index >= 15 is 0 Å². The summed E-state index contributed by atoms with van der Waals surface area (Å²) in [4.78, 5) is 2.50. The van der Waals surface area contributed by atoms with Gasteiger partial charge in [-0.2, -0.15) is 5.26 Å². The molecule has 3 nitrogen and oxygen atoms in total. The van der Waals surface area contributed by atoms with E-state index in [9.17, 15) is 5.26 Å². The lowest BCUT2D eigenvalue weighted by atomic mass is 9.91. The van der Waals surface area contributed by atoms with E-state index in [1.54, 1.807) is 0 Å². The van der Waals surface area contributed by atoms with Crippen molar-refractivity contribution in [2.75, 3.05) is 19.6 Å². The summed E-state index contributed by atoms with van der Waals surface area (Å²) in [5.74, 6) is 1.43. The minimum atomic E-state index is -0.297. The molecule has 0 bridgehead atoms. The van der Waals surface area contributed by atoms with Gasteiger partial charge in [0.2, 0.25) is 0 Å². The predicted molar refractivity (Wildman–Crippen MR) is 74.2 cm³/mol. The molecule has 18 heavy (non-hydrogen) atoms. The van der Waals surface area contributed by atoms with Gasteiger partial charge in [-0.15, -0.1) is 0 Å². The third-order valence-electron chi connectivity index (χ3n) is 4.37. The highest BCUT2D eigenvalue weighted by Crippen LogP contribution is 2.40. The maximum atomic E-state index is 9.68. The highest BCUT2D eigenvalue weighted by Gasteiger charge is 2.47. The first-order valence-corrected chi connectivity index (χ1v) is 7.47. The zero-order chi connectivity index (χ0) is 13.2. The number of hydrogen-bond donors (Lipinski definition) is 1. The van der Waals surface area contributed by atoms with Gasteiger partial charge >= 0.3 is 0 Å². The summed E-state index contributed by atoms with van der Waals surface area (Å²) in [6.07, 6.45) is 5.01. The standard InChI is InChI=1S/C15H27N3/c1-12(2)17-15(10-16,14-4-5-14)11-18-8-6-13(3)7-9-18/h12-14,17H,4-9,11H2,1-3H3. The van der Waals surface area contributed by atoms with Crippen LogP contribution in [0.2, 0.25) is 0 Å². The molecule has 2 rings (SSSR count). The van der Waals surface area contributed by atoms with Crippen molar-refractivity contribution in [2.45, 2.75) is 58.0 Å². The molecule has 1 saturated carbocycles. The first-order chi connectivity index (χ1) is 8.55. The second-order valence-electron chi connectivity index (χ2n) is 6.62. The molecule has 1 saturated heterocycles. The van der Waals surface area contributed by atoms with Crippen molar-refractivity contribution < 1.29 is 0 Å². The van der Waals surface area contributed by atoms with Crippen molar-refractivity contribution in [3.8, 4) is 6.07 Å². The molecule has 1 atom stereocenters. The fourth-order valence-corrected chi connectivity index (χ4v) is 3.12. The Hall–Kier alpha value is -0.590. The van der Waals surface area contributed by atoms with Gasteiger partial charge in [0.05, 0.1) is 6.07 Å². The van der Waals surface area contributed by atoms with Gasteiger partial charge in [0, 0.05) is 12.6 Å². The monoisotopic (exact) mass is 249 g/mol. The molecule has 0 aromatic rings. The van der Waals surface area contributed by atoms with Crippen molar-refractivity contribution in [3.63, 3.8) is 0 Å². The van der Waals surface area contributed by atoms with E-state index in [1.165, 1.54) is 25.7 Å². The average molecular weight is 249 g/mol.